The van der Waals surface area contributed by atoms with Gasteiger partial charge in [0.15, 0.2) is 0 Å². The first-order valence-corrected chi connectivity index (χ1v) is 8.94. The van der Waals surface area contributed by atoms with Crippen molar-refractivity contribution in [2.24, 2.45) is 5.73 Å². The van der Waals surface area contributed by atoms with E-state index in [1.54, 1.807) is 0 Å². The van der Waals surface area contributed by atoms with Crippen LogP contribution in [0.2, 0.25) is 0 Å². The fourth-order valence-electron chi connectivity index (χ4n) is 2.33. The molecule has 1 atom stereocenters. The number of hydrogen-bond acceptors (Lipinski definition) is 4. The molecule has 0 radical (unpaired) electrons. The van der Waals surface area contributed by atoms with E-state index in [4.69, 9.17) is 5.73 Å². The Morgan fingerprint density at radius 2 is 2.39 bits per heavy atom. The number of nitrogens with two attached hydrogens (primary N) is 1. The molecule has 4 heteroatoms. The van der Waals surface area contributed by atoms with Crippen molar-refractivity contribution in [3.63, 3.8) is 0 Å². The molecule has 0 aromatic carbocycles. The zero-order valence-corrected chi connectivity index (χ0v) is 12.8. The molecule has 0 saturated heterocycles. The van der Waals surface area contributed by atoms with E-state index in [1.165, 1.54) is 35.6 Å². The molecular formula is C14H24N2S2. The molecule has 1 aromatic heterocycles. The standard InChI is InChI=1S/C14H24N2S2/c1-2-17-9-7-13(10-15)16(12-5-6-12)11-14-4-3-8-18-14/h3-4,8,12-13H,2,5-7,9-11,15H2,1H3. The van der Waals surface area contributed by atoms with Gasteiger partial charge in [-0.3, -0.25) is 4.90 Å². The third-order valence-electron chi connectivity index (χ3n) is 3.48. The summed E-state index contributed by atoms with van der Waals surface area (Å²) in [7, 11) is 0. The van der Waals surface area contributed by atoms with Crippen molar-refractivity contribution in [1.82, 2.24) is 4.90 Å². The van der Waals surface area contributed by atoms with Gasteiger partial charge in [-0.1, -0.05) is 13.0 Å². The highest BCUT2D eigenvalue weighted by Crippen LogP contribution is 2.31. The molecule has 1 heterocycles. The molecule has 18 heavy (non-hydrogen) atoms. The molecule has 2 N–H and O–H groups in total. The molecule has 1 aliphatic rings. The largest absolute Gasteiger partial charge is 0.329 e. The second-order valence-corrected chi connectivity index (χ2v) is 7.28. The summed E-state index contributed by atoms with van der Waals surface area (Å²) in [5.74, 6) is 2.46. The molecule has 2 rings (SSSR count). The van der Waals surface area contributed by atoms with Gasteiger partial charge in [0.1, 0.15) is 0 Å². The van der Waals surface area contributed by atoms with Crippen molar-refractivity contribution in [1.29, 1.82) is 0 Å². The fraction of sp³-hybridized carbons (Fsp3) is 0.714. The maximum Gasteiger partial charge on any atom is 0.0334 e. The lowest BCUT2D eigenvalue weighted by atomic mass is 10.2. The first kappa shape index (κ1) is 14.4. The minimum absolute atomic E-state index is 0.568. The highest BCUT2D eigenvalue weighted by molar-refractivity contribution is 7.99. The van der Waals surface area contributed by atoms with Crippen LogP contribution in [0.5, 0.6) is 0 Å². The highest BCUT2D eigenvalue weighted by Gasteiger charge is 2.33. The molecule has 0 aliphatic heterocycles. The minimum Gasteiger partial charge on any atom is -0.329 e. The van der Waals surface area contributed by atoms with Crippen molar-refractivity contribution in [2.75, 3.05) is 18.1 Å². The van der Waals surface area contributed by atoms with Crippen LogP contribution in [-0.2, 0) is 6.54 Å². The molecule has 2 nitrogen and oxygen atoms in total. The smallest absolute Gasteiger partial charge is 0.0334 e. The summed E-state index contributed by atoms with van der Waals surface area (Å²) in [6.07, 6.45) is 3.96. The third-order valence-corrected chi connectivity index (χ3v) is 5.27. The van der Waals surface area contributed by atoms with Gasteiger partial charge in [-0.15, -0.1) is 11.3 Å². The molecule has 1 aromatic rings. The number of rotatable bonds is 9. The quantitative estimate of drug-likeness (QED) is 0.706. The topological polar surface area (TPSA) is 29.3 Å². The molecule has 1 fully saturated rings. The van der Waals surface area contributed by atoms with Gasteiger partial charge in [-0.05, 0) is 42.2 Å². The fourth-order valence-corrected chi connectivity index (χ4v) is 3.77. The van der Waals surface area contributed by atoms with Crippen LogP contribution < -0.4 is 5.73 Å². The van der Waals surface area contributed by atoms with E-state index < -0.39 is 0 Å². The van der Waals surface area contributed by atoms with Gasteiger partial charge in [-0.2, -0.15) is 11.8 Å². The Bertz CT molecular complexity index is 323. The Labute approximate surface area is 119 Å². The number of hydrogen-bond donors (Lipinski definition) is 1. The van der Waals surface area contributed by atoms with Crippen molar-refractivity contribution in [2.45, 2.75) is 44.8 Å². The summed E-state index contributed by atoms with van der Waals surface area (Å²) in [6, 6.07) is 5.76. The average Bonchev–Trinajstić information content (AvgIpc) is 3.10. The second kappa shape index (κ2) is 7.53. The summed E-state index contributed by atoms with van der Waals surface area (Å²) in [5, 5.41) is 2.17. The second-order valence-electron chi connectivity index (χ2n) is 4.86. The highest BCUT2D eigenvalue weighted by atomic mass is 32.2. The SMILES string of the molecule is CCSCCC(CN)N(Cc1cccs1)C1CC1. The van der Waals surface area contributed by atoms with Crippen LogP contribution in [0.25, 0.3) is 0 Å². The van der Waals surface area contributed by atoms with Crippen molar-refractivity contribution in [3.05, 3.63) is 22.4 Å². The van der Waals surface area contributed by atoms with E-state index in [1.807, 2.05) is 23.1 Å². The summed E-state index contributed by atoms with van der Waals surface area (Å²) in [4.78, 5) is 4.13. The lowest BCUT2D eigenvalue weighted by Crippen LogP contribution is -2.41. The number of nitrogens with zero attached hydrogens (tertiary/aromatic N) is 1. The van der Waals surface area contributed by atoms with E-state index in [-0.39, 0.29) is 0 Å². The van der Waals surface area contributed by atoms with Gasteiger partial charge in [-0.25, -0.2) is 0 Å². The molecule has 1 aliphatic carbocycles. The maximum absolute atomic E-state index is 6.00. The average molecular weight is 284 g/mol. The van der Waals surface area contributed by atoms with Gasteiger partial charge in [0.2, 0.25) is 0 Å². The van der Waals surface area contributed by atoms with Crippen molar-refractivity contribution >= 4 is 23.1 Å². The Morgan fingerprint density at radius 1 is 1.56 bits per heavy atom. The Balaban J connectivity index is 1.89. The van der Waals surface area contributed by atoms with Gasteiger partial charge < -0.3 is 5.73 Å². The van der Waals surface area contributed by atoms with E-state index in [0.29, 0.717) is 6.04 Å². The Morgan fingerprint density at radius 3 is 2.94 bits per heavy atom. The summed E-state index contributed by atoms with van der Waals surface area (Å²) in [6.45, 7) is 4.12. The van der Waals surface area contributed by atoms with Gasteiger partial charge in [0.05, 0.1) is 0 Å². The van der Waals surface area contributed by atoms with E-state index >= 15 is 0 Å². The lowest BCUT2D eigenvalue weighted by Gasteiger charge is -2.30. The molecular weight excluding hydrogens is 260 g/mol. The normalized spacial score (nSPS) is 17.3. The van der Waals surface area contributed by atoms with Crippen LogP contribution in [0.4, 0.5) is 0 Å². The molecule has 1 saturated carbocycles. The molecule has 0 bridgehead atoms. The molecule has 1 unspecified atom stereocenters. The van der Waals surface area contributed by atoms with Crippen LogP contribution in [0, 0.1) is 0 Å². The summed E-state index contributed by atoms with van der Waals surface area (Å²) < 4.78 is 0. The lowest BCUT2D eigenvalue weighted by molar-refractivity contribution is 0.179. The van der Waals surface area contributed by atoms with Crippen LogP contribution in [0.3, 0.4) is 0 Å². The summed E-state index contributed by atoms with van der Waals surface area (Å²) >= 11 is 3.89. The minimum atomic E-state index is 0.568. The van der Waals surface area contributed by atoms with E-state index in [2.05, 4.69) is 29.3 Å². The van der Waals surface area contributed by atoms with Gasteiger partial charge in [0.25, 0.3) is 0 Å². The van der Waals surface area contributed by atoms with Crippen molar-refractivity contribution < 1.29 is 0 Å². The molecule has 102 valence electrons. The van der Waals surface area contributed by atoms with E-state index in [9.17, 15) is 0 Å². The zero-order valence-electron chi connectivity index (χ0n) is 11.2. The number of thiophene rings is 1. The predicted octanol–water partition coefficient (Wildman–Crippen LogP) is 3.18. The first-order chi connectivity index (χ1) is 8.85. The number of thioether (sulfide) groups is 1. The van der Waals surface area contributed by atoms with Crippen LogP contribution in [0.1, 0.15) is 31.1 Å². The van der Waals surface area contributed by atoms with Gasteiger partial charge in [0, 0.05) is 30.1 Å². The maximum atomic E-state index is 6.00. The van der Waals surface area contributed by atoms with Gasteiger partial charge >= 0.3 is 0 Å². The predicted molar refractivity (Wildman–Crippen MR) is 83.3 cm³/mol. The van der Waals surface area contributed by atoms with Crippen LogP contribution in [-0.4, -0.2) is 35.0 Å². The molecule has 0 amide bonds. The zero-order chi connectivity index (χ0) is 12.8. The Hall–Kier alpha value is -0.0300. The van der Waals surface area contributed by atoms with Crippen molar-refractivity contribution in [3.8, 4) is 0 Å². The third kappa shape index (κ3) is 4.26. The summed E-state index contributed by atoms with van der Waals surface area (Å²) in [5.41, 5.74) is 6.00. The van der Waals surface area contributed by atoms with E-state index in [0.717, 1.165) is 19.1 Å². The van der Waals surface area contributed by atoms with Crippen LogP contribution >= 0.6 is 23.1 Å². The first-order valence-electron chi connectivity index (χ1n) is 6.91. The Kier molecular flexibility index (Phi) is 6.02. The molecule has 0 spiro atoms. The monoisotopic (exact) mass is 284 g/mol. The van der Waals surface area contributed by atoms with Crippen LogP contribution in [0.15, 0.2) is 17.5 Å².